The molecule has 0 aliphatic heterocycles. The highest BCUT2D eigenvalue weighted by Gasteiger charge is 2.22. The van der Waals surface area contributed by atoms with Gasteiger partial charge in [-0.15, -0.1) is 0 Å². The average molecular weight is 408 g/mol. The van der Waals surface area contributed by atoms with Crippen LogP contribution in [0.2, 0.25) is 5.02 Å². The molecule has 28 heavy (non-hydrogen) atoms. The molecule has 1 atom stereocenters. The van der Waals surface area contributed by atoms with Gasteiger partial charge in [0.05, 0.1) is 26.1 Å². The first-order valence-corrected chi connectivity index (χ1v) is 8.18. The van der Waals surface area contributed by atoms with Crippen LogP contribution in [-0.4, -0.2) is 27.8 Å². The SMILES string of the molecule is Cc1cc(C(=O)OC(C)C(=O)Nc2cc([N+](=O)[O-])ccc2Cl)ccc1[N+](=O)[O-]. The van der Waals surface area contributed by atoms with Crippen molar-refractivity contribution in [3.05, 3.63) is 72.8 Å². The first-order valence-electron chi connectivity index (χ1n) is 7.81. The molecular formula is C17H14ClN3O7. The number of carbonyl (C=O) groups is 2. The summed E-state index contributed by atoms with van der Waals surface area (Å²) in [6.45, 7) is 2.77. The number of halogens is 1. The van der Waals surface area contributed by atoms with Gasteiger partial charge < -0.3 is 10.1 Å². The molecule has 10 nitrogen and oxygen atoms in total. The third-order valence-electron chi connectivity index (χ3n) is 3.70. The highest BCUT2D eigenvalue weighted by molar-refractivity contribution is 6.33. The van der Waals surface area contributed by atoms with Gasteiger partial charge in [-0.25, -0.2) is 4.79 Å². The second-order valence-electron chi connectivity index (χ2n) is 5.72. The molecule has 0 radical (unpaired) electrons. The highest BCUT2D eigenvalue weighted by atomic mass is 35.5. The summed E-state index contributed by atoms with van der Waals surface area (Å²) in [6.07, 6.45) is -1.25. The number of hydrogen-bond donors (Lipinski definition) is 1. The molecule has 2 aromatic carbocycles. The summed E-state index contributed by atoms with van der Waals surface area (Å²) in [4.78, 5) is 44.8. The number of rotatable bonds is 6. The van der Waals surface area contributed by atoms with Crippen LogP contribution >= 0.6 is 11.6 Å². The molecular weight excluding hydrogens is 394 g/mol. The van der Waals surface area contributed by atoms with E-state index >= 15 is 0 Å². The number of ether oxygens (including phenoxy) is 1. The molecule has 11 heteroatoms. The number of nitrogens with one attached hydrogen (secondary N) is 1. The van der Waals surface area contributed by atoms with Gasteiger partial charge in [-0.05, 0) is 32.0 Å². The molecule has 0 saturated carbocycles. The fourth-order valence-electron chi connectivity index (χ4n) is 2.23. The van der Waals surface area contributed by atoms with Crippen molar-refractivity contribution in [1.29, 1.82) is 0 Å². The quantitative estimate of drug-likeness (QED) is 0.437. The number of hydrogen-bond acceptors (Lipinski definition) is 7. The zero-order chi connectivity index (χ0) is 21.0. The zero-order valence-electron chi connectivity index (χ0n) is 14.7. The number of non-ortho nitro benzene ring substituents is 1. The molecule has 1 unspecified atom stereocenters. The smallest absolute Gasteiger partial charge is 0.338 e. The maximum Gasteiger partial charge on any atom is 0.338 e. The number of anilines is 1. The van der Waals surface area contributed by atoms with Gasteiger partial charge in [0.15, 0.2) is 6.10 Å². The van der Waals surface area contributed by atoms with E-state index in [2.05, 4.69) is 5.32 Å². The molecule has 0 fully saturated rings. The Hall–Kier alpha value is -3.53. The van der Waals surface area contributed by atoms with Crippen molar-refractivity contribution in [1.82, 2.24) is 0 Å². The Morgan fingerprint density at radius 3 is 2.36 bits per heavy atom. The lowest BCUT2D eigenvalue weighted by Gasteiger charge is -2.14. The average Bonchev–Trinajstić information content (AvgIpc) is 2.62. The summed E-state index contributed by atoms with van der Waals surface area (Å²) in [5.41, 5.74) is -0.126. The predicted molar refractivity (Wildman–Crippen MR) is 99.4 cm³/mol. The molecule has 2 aromatic rings. The minimum Gasteiger partial charge on any atom is -0.449 e. The third-order valence-corrected chi connectivity index (χ3v) is 4.03. The van der Waals surface area contributed by atoms with Gasteiger partial charge in [-0.1, -0.05) is 11.6 Å². The van der Waals surface area contributed by atoms with E-state index in [0.717, 1.165) is 6.07 Å². The van der Waals surface area contributed by atoms with E-state index in [-0.39, 0.29) is 33.2 Å². The van der Waals surface area contributed by atoms with Gasteiger partial charge >= 0.3 is 5.97 Å². The molecule has 1 N–H and O–H groups in total. The number of aryl methyl sites for hydroxylation is 1. The van der Waals surface area contributed by atoms with Crippen molar-refractivity contribution < 1.29 is 24.2 Å². The van der Waals surface area contributed by atoms with Crippen molar-refractivity contribution in [3.8, 4) is 0 Å². The van der Waals surface area contributed by atoms with Crippen molar-refractivity contribution in [2.24, 2.45) is 0 Å². The van der Waals surface area contributed by atoms with E-state index in [4.69, 9.17) is 16.3 Å². The van der Waals surface area contributed by atoms with Gasteiger partial charge in [0.2, 0.25) is 0 Å². The number of carbonyl (C=O) groups excluding carboxylic acids is 2. The van der Waals surface area contributed by atoms with Crippen LogP contribution in [0.5, 0.6) is 0 Å². The second-order valence-corrected chi connectivity index (χ2v) is 6.12. The van der Waals surface area contributed by atoms with Crippen LogP contribution < -0.4 is 5.32 Å². The molecule has 0 aliphatic carbocycles. The molecule has 1 amide bonds. The van der Waals surface area contributed by atoms with Gasteiger partial charge in [-0.3, -0.25) is 25.0 Å². The van der Waals surface area contributed by atoms with E-state index in [0.29, 0.717) is 0 Å². The van der Waals surface area contributed by atoms with Crippen LogP contribution in [0.1, 0.15) is 22.8 Å². The highest BCUT2D eigenvalue weighted by Crippen LogP contribution is 2.27. The van der Waals surface area contributed by atoms with Crippen molar-refractivity contribution in [2.75, 3.05) is 5.32 Å². The molecule has 0 spiro atoms. The number of nitrogens with zero attached hydrogens (tertiary/aromatic N) is 2. The molecule has 0 aliphatic rings. The Kier molecular flexibility index (Phi) is 6.26. The Morgan fingerprint density at radius 1 is 1.11 bits per heavy atom. The monoisotopic (exact) mass is 407 g/mol. The molecule has 0 bridgehead atoms. The Morgan fingerprint density at radius 2 is 1.79 bits per heavy atom. The number of benzene rings is 2. The van der Waals surface area contributed by atoms with E-state index in [1.54, 1.807) is 0 Å². The Balaban J connectivity index is 2.09. The number of nitro benzene ring substituents is 2. The standard InChI is InChI=1S/C17H14ClN3O7/c1-9-7-11(3-6-15(9)21(26)27)17(23)28-10(2)16(22)19-14-8-12(20(24)25)4-5-13(14)18/h3-8,10H,1-2H3,(H,19,22). The van der Waals surface area contributed by atoms with Crippen LogP contribution in [-0.2, 0) is 9.53 Å². The predicted octanol–water partition coefficient (Wildman–Crippen LogP) is 3.65. The van der Waals surface area contributed by atoms with E-state index < -0.39 is 27.8 Å². The Bertz CT molecular complexity index is 977. The first-order chi connectivity index (χ1) is 13.1. The maximum absolute atomic E-state index is 12.2. The largest absolute Gasteiger partial charge is 0.449 e. The summed E-state index contributed by atoms with van der Waals surface area (Å²) < 4.78 is 5.05. The molecule has 2 rings (SSSR count). The van der Waals surface area contributed by atoms with Crippen molar-refractivity contribution >= 4 is 40.5 Å². The molecule has 0 saturated heterocycles. The van der Waals surface area contributed by atoms with Gasteiger partial charge in [0.1, 0.15) is 0 Å². The zero-order valence-corrected chi connectivity index (χ0v) is 15.4. The summed E-state index contributed by atoms with van der Waals surface area (Å²) in [7, 11) is 0. The minimum absolute atomic E-state index is 0.00468. The number of esters is 1. The van der Waals surface area contributed by atoms with Crippen LogP contribution in [0, 0.1) is 27.2 Å². The maximum atomic E-state index is 12.2. The van der Waals surface area contributed by atoms with Crippen LogP contribution in [0.4, 0.5) is 17.1 Å². The fourth-order valence-corrected chi connectivity index (χ4v) is 2.39. The summed E-state index contributed by atoms with van der Waals surface area (Å²) in [5.74, 6) is -1.61. The van der Waals surface area contributed by atoms with E-state index in [1.165, 1.54) is 44.2 Å². The number of nitro groups is 2. The van der Waals surface area contributed by atoms with Crippen LogP contribution in [0.25, 0.3) is 0 Å². The van der Waals surface area contributed by atoms with Crippen LogP contribution in [0.15, 0.2) is 36.4 Å². The third kappa shape index (κ3) is 4.80. The summed E-state index contributed by atoms with van der Waals surface area (Å²) >= 11 is 5.91. The minimum atomic E-state index is -1.25. The van der Waals surface area contributed by atoms with Crippen molar-refractivity contribution in [3.63, 3.8) is 0 Å². The first kappa shape index (κ1) is 20.8. The number of amides is 1. The lowest BCUT2D eigenvalue weighted by Crippen LogP contribution is -2.30. The normalized spacial score (nSPS) is 11.4. The lowest BCUT2D eigenvalue weighted by molar-refractivity contribution is -0.385. The molecule has 0 heterocycles. The van der Waals surface area contributed by atoms with Crippen molar-refractivity contribution in [2.45, 2.75) is 20.0 Å². The fraction of sp³-hybridized carbons (Fsp3) is 0.176. The van der Waals surface area contributed by atoms with Gasteiger partial charge in [0.25, 0.3) is 17.3 Å². The summed E-state index contributed by atoms with van der Waals surface area (Å²) in [6, 6.07) is 7.18. The lowest BCUT2D eigenvalue weighted by atomic mass is 10.1. The summed E-state index contributed by atoms with van der Waals surface area (Å²) in [5, 5.41) is 24.1. The molecule has 146 valence electrons. The molecule has 0 aromatic heterocycles. The second kappa shape index (κ2) is 8.44. The van der Waals surface area contributed by atoms with E-state index in [1.807, 2.05) is 0 Å². The Labute approximate surface area is 163 Å². The topological polar surface area (TPSA) is 142 Å². The van der Waals surface area contributed by atoms with Gasteiger partial charge in [-0.2, -0.15) is 0 Å². The van der Waals surface area contributed by atoms with E-state index in [9.17, 15) is 29.8 Å². The van der Waals surface area contributed by atoms with Gasteiger partial charge in [0, 0.05) is 23.8 Å². The van der Waals surface area contributed by atoms with Crippen LogP contribution in [0.3, 0.4) is 0 Å².